The number of aliphatic hydroxyl groups is 1. The van der Waals surface area contributed by atoms with Crippen molar-refractivity contribution >= 4 is 59.8 Å². The summed E-state index contributed by atoms with van der Waals surface area (Å²) in [5.41, 5.74) is -11.3. The van der Waals surface area contributed by atoms with Crippen molar-refractivity contribution in [3.8, 4) is 0 Å². The first kappa shape index (κ1) is 102. The zero-order valence-electron chi connectivity index (χ0n) is 80.8. The monoisotopic (exact) mass is 1760 g/mol. The maximum Gasteiger partial charge on any atom is 0.410 e. The van der Waals surface area contributed by atoms with E-state index in [2.05, 4.69) is 11.8 Å². The number of hydrogen-bond donors (Lipinski definition) is 1. The minimum atomic E-state index is -1.69. The van der Waals surface area contributed by atoms with Gasteiger partial charge in [0.25, 0.3) is 0 Å². The molecule has 10 aliphatic heterocycles. The Morgan fingerprint density at radius 3 is 1.16 bits per heavy atom. The molecule has 0 aromatic rings. The number of rotatable bonds is 14. The molecular formula is C93H156N6O25. The molecule has 26 atom stereocenters. The molecule has 12 rings (SSSR count). The highest BCUT2D eigenvalue weighted by Gasteiger charge is 2.63. The summed E-state index contributed by atoms with van der Waals surface area (Å²) in [5.74, 6) is -6.94. The Morgan fingerprint density at radius 2 is 0.831 bits per heavy atom. The molecule has 10 heterocycles. The molecule has 708 valence electrons. The van der Waals surface area contributed by atoms with Crippen LogP contribution in [0.4, 0.5) is 19.2 Å². The fourth-order valence-electron chi connectivity index (χ4n) is 20.7. The van der Waals surface area contributed by atoms with Crippen molar-refractivity contribution in [2.24, 2.45) is 52.3 Å². The highest BCUT2D eigenvalue weighted by Crippen LogP contribution is 2.51. The van der Waals surface area contributed by atoms with Gasteiger partial charge < -0.3 is 101 Å². The van der Waals surface area contributed by atoms with E-state index < -0.39 is 201 Å². The summed E-state index contributed by atoms with van der Waals surface area (Å²) in [5, 5.41) is 12.0. The highest BCUT2D eigenvalue weighted by molar-refractivity contribution is 6.05. The number of fused-ring (bicyclic) bond motifs is 20. The number of ketones is 2. The van der Waals surface area contributed by atoms with Gasteiger partial charge in [-0.1, -0.05) is 48.5 Å². The fraction of sp³-hybridized carbons (Fsp3) is 0.892. The molecule has 124 heavy (non-hydrogen) atoms. The second-order valence-corrected chi connectivity index (χ2v) is 43.7. The van der Waals surface area contributed by atoms with Crippen molar-refractivity contribution in [3.63, 3.8) is 0 Å². The lowest BCUT2D eigenvalue weighted by molar-refractivity contribution is -0.302. The molecule has 0 spiro atoms. The molecule has 10 saturated heterocycles. The third-order valence-corrected chi connectivity index (χ3v) is 27.6. The number of ether oxygens (including phenoxy) is 14. The van der Waals surface area contributed by atoms with Gasteiger partial charge in [0.15, 0.2) is 35.3 Å². The third-order valence-electron chi connectivity index (χ3n) is 27.6. The Balaban J connectivity index is 0.000000281. The molecule has 4 bridgehead atoms. The van der Waals surface area contributed by atoms with E-state index >= 15 is 9.59 Å². The number of likely N-dealkylation sites (N-methyl/N-ethyl adjacent to an activating group) is 1. The van der Waals surface area contributed by atoms with Gasteiger partial charge in [-0.25, -0.2) is 19.2 Å². The summed E-state index contributed by atoms with van der Waals surface area (Å²) in [6.45, 7) is 50.2. The minimum Gasteiger partial charge on any atom is -0.457 e. The molecule has 6 unspecified atom stereocenters. The first-order valence-corrected chi connectivity index (χ1v) is 45.9. The first-order chi connectivity index (χ1) is 57.1. The number of amides is 4. The average molecular weight is 1760 g/mol. The third kappa shape index (κ3) is 23.4. The fourth-order valence-corrected chi connectivity index (χ4v) is 20.7. The molecule has 1 N–H and O–H groups in total. The van der Waals surface area contributed by atoms with Gasteiger partial charge >= 0.3 is 48.3 Å². The van der Waals surface area contributed by atoms with Crippen LogP contribution in [-0.4, -0.2) is 298 Å². The summed E-state index contributed by atoms with van der Waals surface area (Å²) in [6, 6.07) is -1.56. The molecule has 31 heteroatoms. The molecule has 12 aliphatic rings. The van der Waals surface area contributed by atoms with Crippen LogP contribution in [0.2, 0.25) is 0 Å². The predicted molar refractivity (Wildman–Crippen MR) is 459 cm³/mol. The van der Waals surface area contributed by atoms with Crippen molar-refractivity contribution in [2.75, 3.05) is 67.6 Å². The van der Waals surface area contributed by atoms with Crippen molar-refractivity contribution in [1.82, 2.24) is 29.4 Å². The lowest BCUT2D eigenvalue weighted by Gasteiger charge is -2.50. The van der Waals surface area contributed by atoms with Crippen molar-refractivity contribution in [3.05, 3.63) is 0 Å². The molecule has 31 nitrogen and oxygen atoms in total. The van der Waals surface area contributed by atoms with Crippen LogP contribution in [0.1, 0.15) is 277 Å². The van der Waals surface area contributed by atoms with E-state index in [9.17, 15) is 43.5 Å². The van der Waals surface area contributed by atoms with E-state index in [1.165, 1.54) is 0 Å². The van der Waals surface area contributed by atoms with E-state index in [4.69, 9.17) is 66.3 Å². The average Bonchev–Trinajstić information content (AvgIpc) is 1.52. The molecule has 0 aromatic heterocycles. The predicted octanol–water partition coefficient (Wildman–Crippen LogP) is 13.0. The number of aliphatic hydroxyl groups excluding tert-OH is 1. The van der Waals surface area contributed by atoms with Crippen LogP contribution >= 0.6 is 0 Å². The van der Waals surface area contributed by atoms with Crippen LogP contribution in [-0.2, 0) is 95.1 Å². The second-order valence-electron chi connectivity index (χ2n) is 43.7. The van der Waals surface area contributed by atoms with Gasteiger partial charge in [-0.2, -0.15) is 0 Å². The van der Waals surface area contributed by atoms with E-state index in [0.717, 1.165) is 25.7 Å². The SMILES string of the molecule is CC[C@H]1OC(=O)[C@]2(C)CCO[C@@](C)(C[C@@H](C)CN(C(=O)OC(C)(C)C)[C@H](C)[C@H]3CC(=O)O[C@@]31C)[C@H](O[C@@H]1OC(CN(C(=O)OC(C)(C)C)C3CC3)CC(N(C)C)C1C)[C@@H](C)C2=O.CC[C@H]1OC(=O)[C@]2(C)CCO[C@@](C)(C[C@@H](C)CN(C(=O)OC(C)(C)C)[C@H](C)[C@H]3CC(=O)O[C@@]31C)[C@H](O[C@@H]1OC(CN(C(=O)OC(C)(C)C)C3CC3)CC(N(C)C)C1O)[C@@H](C)C2=O. The Hall–Kier alpha value is -6.06. The normalized spacial score (nSPS) is 38.9. The molecule has 12 fully saturated rings. The maximum absolute atomic E-state index is 15.1. The molecule has 0 radical (unpaired) electrons. The van der Waals surface area contributed by atoms with E-state index in [1.54, 1.807) is 81.9 Å². The van der Waals surface area contributed by atoms with E-state index in [-0.39, 0.29) is 119 Å². The number of esters is 4. The number of nitrogens with zero attached hydrogens (tertiary/aromatic N) is 6. The summed E-state index contributed by atoms with van der Waals surface area (Å²) < 4.78 is 89.6. The zero-order valence-corrected chi connectivity index (χ0v) is 80.8. The smallest absolute Gasteiger partial charge is 0.410 e. The van der Waals surface area contributed by atoms with Gasteiger partial charge in [-0.3, -0.25) is 28.8 Å². The van der Waals surface area contributed by atoms with Crippen molar-refractivity contribution < 1.29 is 119 Å². The Morgan fingerprint density at radius 1 is 0.492 bits per heavy atom. The van der Waals surface area contributed by atoms with Gasteiger partial charge in [0.05, 0.1) is 61.5 Å². The Kier molecular flexibility index (Phi) is 31.6. The quantitative estimate of drug-likeness (QED) is 0.0959. The summed E-state index contributed by atoms with van der Waals surface area (Å²) >= 11 is 0. The maximum atomic E-state index is 15.1. The van der Waals surface area contributed by atoms with Crippen LogP contribution in [0.5, 0.6) is 0 Å². The van der Waals surface area contributed by atoms with Crippen molar-refractivity contribution in [2.45, 2.75) is 413 Å². The topological polar surface area (TPSA) is 340 Å². The second kappa shape index (κ2) is 38.5. The Labute approximate surface area is 738 Å². The van der Waals surface area contributed by atoms with Crippen LogP contribution in [0.3, 0.4) is 0 Å². The highest BCUT2D eigenvalue weighted by atomic mass is 16.7. The van der Waals surface area contributed by atoms with E-state index in [0.29, 0.717) is 32.2 Å². The minimum absolute atomic E-state index is 0.00396. The molecule has 2 saturated carbocycles. The van der Waals surface area contributed by atoms with Crippen LogP contribution < -0.4 is 0 Å². The number of carbonyl (C=O) groups is 10. The van der Waals surface area contributed by atoms with Crippen LogP contribution in [0, 0.1) is 52.3 Å². The summed E-state index contributed by atoms with van der Waals surface area (Å²) in [4.78, 5) is 152. The van der Waals surface area contributed by atoms with Gasteiger partial charge in [0.2, 0.25) is 0 Å². The number of carbonyl (C=O) groups excluding carboxylic acids is 10. The zero-order chi connectivity index (χ0) is 93.0. The summed E-state index contributed by atoms with van der Waals surface area (Å²) in [6.07, 6.45) is -4.29. The lowest BCUT2D eigenvalue weighted by Crippen LogP contribution is -2.62. The van der Waals surface area contributed by atoms with Gasteiger partial charge in [0.1, 0.15) is 51.5 Å². The molecule has 2 aliphatic carbocycles. The number of hydrogen-bond acceptors (Lipinski definition) is 27. The van der Waals surface area contributed by atoms with E-state index in [1.807, 2.05) is 151 Å². The van der Waals surface area contributed by atoms with Crippen LogP contribution in [0.15, 0.2) is 0 Å². The van der Waals surface area contributed by atoms with Gasteiger partial charge in [0, 0.05) is 92.1 Å². The first-order valence-electron chi connectivity index (χ1n) is 45.9. The van der Waals surface area contributed by atoms with Gasteiger partial charge in [-0.15, -0.1) is 0 Å². The molecule has 0 aromatic carbocycles. The van der Waals surface area contributed by atoms with Crippen molar-refractivity contribution in [1.29, 1.82) is 0 Å². The van der Waals surface area contributed by atoms with Gasteiger partial charge in [-0.05, 0) is 256 Å². The Bertz CT molecular complexity index is 3550. The number of Topliss-reactive ketones (excluding diaryl/α,β-unsaturated/α-hetero) is 2. The standard InChI is InChI=1S/C47H79N3O12.C46H77N3O13/c1-17-35-47(14)33(23-36(51)60-47)30(5)49(41(54)61-43(6,7)8)25-27(2)24-46(13)38(29(4)37(52)45(12,20-21-56-46)40(53)58-35)59-39-28(3)34(48(15)16)22-32(57-39)26-50(31-18-19-31)42(55)62-44(9,10)11;1-16-33-46(13)31(22-34(50)60-46)28(4)48(40(54)61-42(5,6)7)24-26(2)23-45(12)37(27(3)36(52)44(11,19-20-56-45)39(53)58-33)59-38-35(51)32(47(14)15)21-30(57-38)25-49(29-17-18-29)41(55)62-43(8,9)10/h27-35,38-39H,17-26H2,1-16H3;26-33,35,37-38,51H,16-25H2,1-15H3/t27-,28?,29+,30-,32?,33-,34?,35-,38-,39+,45-,46+,47+;26-,27+,28-,30?,31-,32?,33-,35?,37-,38+,44-,45+,46+/m11/s1. The lowest BCUT2D eigenvalue weighted by atomic mass is 9.70. The summed E-state index contributed by atoms with van der Waals surface area (Å²) in [7, 11) is 7.75. The largest absolute Gasteiger partial charge is 0.457 e. The van der Waals surface area contributed by atoms with Crippen LogP contribution in [0.25, 0.3) is 0 Å². The molecule has 4 amide bonds. The molecular weight excluding hydrogens is 1600 g/mol.